The van der Waals surface area contributed by atoms with E-state index in [9.17, 15) is 0 Å². The van der Waals surface area contributed by atoms with Crippen LogP contribution in [0.3, 0.4) is 0 Å². The molecule has 0 fully saturated rings. The molecule has 1 aromatic carbocycles. The number of ether oxygens (including phenoxy) is 1. The van der Waals surface area contributed by atoms with Crippen LogP contribution in [0, 0.1) is 0 Å². The number of hydrogen-bond acceptors (Lipinski definition) is 2. The van der Waals surface area contributed by atoms with Gasteiger partial charge in [0.1, 0.15) is 5.75 Å². The lowest BCUT2D eigenvalue weighted by Crippen LogP contribution is -1.92. The van der Waals surface area contributed by atoms with Crippen LogP contribution in [-0.4, -0.2) is 16.7 Å². The van der Waals surface area contributed by atoms with Crippen molar-refractivity contribution in [3.8, 4) is 17.0 Å². The molecule has 0 saturated heterocycles. The summed E-state index contributed by atoms with van der Waals surface area (Å²) in [6.07, 6.45) is 3.61. The first-order chi connectivity index (χ1) is 6.83. The van der Waals surface area contributed by atoms with E-state index in [-0.39, 0.29) is 0 Å². The zero-order valence-corrected chi connectivity index (χ0v) is 8.27. The number of imidazole rings is 1. The molecule has 0 aliphatic rings. The van der Waals surface area contributed by atoms with Crippen LogP contribution in [0.4, 0.5) is 0 Å². The van der Waals surface area contributed by atoms with Crippen molar-refractivity contribution in [2.75, 3.05) is 7.11 Å². The molecule has 3 nitrogen and oxygen atoms in total. The fourth-order valence-corrected chi connectivity index (χ4v) is 1.47. The zero-order chi connectivity index (χ0) is 9.97. The average molecular weight is 188 g/mol. The van der Waals surface area contributed by atoms with E-state index in [1.165, 1.54) is 0 Å². The third-order valence-electron chi connectivity index (χ3n) is 2.20. The second-order valence-electron chi connectivity index (χ2n) is 3.09. The second-order valence-corrected chi connectivity index (χ2v) is 3.09. The minimum absolute atomic E-state index is 0.871. The van der Waals surface area contributed by atoms with E-state index in [2.05, 4.69) is 4.98 Å². The Hall–Kier alpha value is -1.77. The van der Waals surface area contributed by atoms with Gasteiger partial charge in [0, 0.05) is 12.6 Å². The maximum atomic E-state index is 5.28. The van der Waals surface area contributed by atoms with Crippen molar-refractivity contribution in [2.45, 2.75) is 0 Å². The van der Waals surface area contributed by atoms with Crippen LogP contribution in [0.2, 0.25) is 0 Å². The van der Waals surface area contributed by atoms with E-state index in [0.29, 0.717) is 0 Å². The van der Waals surface area contributed by atoms with Crippen LogP contribution in [0.25, 0.3) is 11.3 Å². The van der Waals surface area contributed by atoms with Crippen LogP contribution in [0.15, 0.2) is 36.8 Å². The van der Waals surface area contributed by atoms with E-state index in [0.717, 1.165) is 17.0 Å². The van der Waals surface area contributed by atoms with Gasteiger partial charge >= 0.3 is 0 Å². The van der Waals surface area contributed by atoms with Gasteiger partial charge in [0.05, 0.1) is 25.3 Å². The topological polar surface area (TPSA) is 27.1 Å². The van der Waals surface area contributed by atoms with Crippen molar-refractivity contribution in [1.82, 2.24) is 9.55 Å². The number of benzene rings is 1. The Labute approximate surface area is 83.0 Å². The molecule has 0 unspecified atom stereocenters. The minimum atomic E-state index is 0.871. The Kier molecular flexibility index (Phi) is 2.23. The molecular formula is C11H12N2O. The Bertz CT molecular complexity index is 434. The Morgan fingerprint density at radius 2 is 2.07 bits per heavy atom. The van der Waals surface area contributed by atoms with Crippen molar-refractivity contribution in [1.29, 1.82) is 0 Å². The van der Waals surface area contributed by atoms with Crippen molar-refractivity contribution in [3.05, 3.63) is 36.8 Å². The highest BCUT2D eigenvalue weighted by atomic mass is 16.5. The van der Waals surface area contributed by atoms with Gasteiger partial charge in [0.25, 0.3) is 0 Å². The molecule has 3 heteroatoms. The summed E-state index contributed by atoms with van der Waals surface area (Å²) >= 11 is 0. The molecule has 0 amide bonds. The predicted octanol–water partition coefficient (Wildman–Crippen LogP) is 2.10. The molecule has 14 heavy (non-hydrogen) atoms. The van der Waals surface area contributed by atoms with Gasteiger partial charge in [-0.3, -0.25) is 0 Å². The van der Waals surface area contributed by atoms with E-state index >= 15 is 0 Å². The summed E-state index contributed by atoms with van der Waals surface area (Å²) in [7, 11) is 3.64. The number of aromatic nitrogens is 2. The molecule has 0 spiro atoms. The highest BCUT2D eigenvalue weighted by Gasteiger charge is 2.07. The molecule has 0 atom stereocenters. The number of aryl methyl sites for hydroxylation is 1. The maximum Gasteiger partial charge on any atom is 0.128 e. The lowest BCUT2D eigenvalue weighted by atomic mass is 10.1. The molecule has 72 valence electrons. The number of methoxy groups -OCH3 is 1. The van der Waals surface area contributed by atoms with Gasteiger partial charge in [0.15, 0.2) is 0 Å². The Morgan fingerprint density at radius 1 is 1.29 bits per heavy atom. The fourth-order valence-electron chi connectivity index (χ4n) is 1.47. The predicted molar refractivity (Wildman–Crippen MR) is 55.2 cm³/mol. The molecule has 0 radical (unpaired) electrons. The van der Waals surface area contributed by atoms with E-state index in [4.69, 9.17) is 4.74 Å². The van der Waals surface area contributed by atoms with Crippen molar-refractivity contribution in [3.63, 3.8) is 0 Å². The Balaban J connectivity index is 2.56. The third-order valence-corrected chi connectivity index (χ3v) is 2.20. The number of rotatable bonds is 2. The second kappa shape index (κ2) is 3.54. The summed E-state index contributed by atoms with van der Waals surface area (Å²) in [6.45, 7) is 0. The monoisotopic (exact) mass is 188 g/mol. The lowest BCUT2D eigenvalue weighted by molar-refractivity contribution is 0.416. The first-order valence-electron chi connectivity index (χ1n) is 4.42. The lowest BCUT2D eigenvalue weighted by Gasteiger charge is -2.07. The van der Waals surface area contributed by atoms with Crippen molar-refractivity contribution >= 4 is 0 Å². The summed E-state index contributed by atoms with van der Waals surface area (Å²) in [5.41, 5.74) is 2.12. The van der Waals surface area contributed by atoms with E-state index in [1.807, 2.05) is 42.1 Å². The van der Waals surface area contributed by atoms with E-state index in [1.54, 1.807) is 13.4 Å². The van der Waals surface area contributed by atoms with Crippen molar-refractivity contribution in [2.24, 2.45) is 7.05 Å². The summed E-state index contributed by atoms with van der Waals surface area (Å²) in [5, 5.41) is 0. The molecule has 2 rings (SSSR count). The summed E-state index contributed by atoms with van der Waals surface area (Å²) in [5.74, 6) is 0.871. The fraction of sp³-hybridized carbons (Fsp3) is 0.182. The molecule has 1 heterocycles. The van der Waals surface area contributed by atoms with Crippen LogP contribution in [0.1, 0.15) is 0 Å². The summed E-state index contributed by atoms with van der Waals surface area (Å²) in [6, 6.07) is 7.92. The van der Waals surface area contributed by atoms with Gasteiger partial charge in [-0.05, 0) is 12.1 Å². The highest BCUT2D eigenvalue weighted by Crippen LogP contribution is 2.28. The smallest absolute Gasteiger partial charge is 0.128 e. The average Bonchev–Trinajstić information content (AvgIpc) is 2.64. The maximum absolute atomic E-state index is 5.28. The summed E-state index contributed by atoms with van der Waals surface area (Å²) < 4.78 is 7.25. The van der Waals surface area contributed by atoms with Gasteiger partial charge in [-0.25, -0.2) is 4.98 Å². The van der Waals surface area contributed by atoms with Crippen LogP contribution in [0.5, 0.6) is 5.75 Å². The minimum Gasteiger partial charge on any atom is -0.496 e. The highest BCUT2D eigenvalue weighted by molar-refractivity contribution is 5.66. The molecule has 1 aromatic heterocycles. The molecular weight excluding hydrogens is 176 g/mol. The first-order valence-corrected chi connectivity index (χ1v) is 4.42. The van der Waals surface area contributed by atoms with Gasteiger partial charge in [-0.2, -0.15) is 0 Å². The molecule has 0 aliphatic carbocycles. The number of para-hydroxylation sites is 1. The molecule has 0 saturated carbocycles. The zero-order valence-electron chi connectivity index (χ0n) is 8.27. The third kappa shape index (κ3) is 1.37. The molecule has 0 aliphatic heterocycles. The van der Waals surface area contributed by atoms with Crippen LogP contribution >= 0.6 is 0 Å². The molecule has 2 aromatic rings. The van der Waals surface area contributed by atoms with Gasteiger partial charge in [-0.15, -0.1) is 0 Å². The normalized spacial score (nSPS) is 10.1. The quantitative estimate of drug-likeness (QED) is 0.721. The largest absolute Gasteiger partial charge is 0.496 e. The molecule has 0 bridgehead atoms. The van der Waals surface area contributed by atoms with Gasteiger partial charge in [-0.1, -0.05) is 12.1 Å². The number of nitrogens with zero attached hydrogens (tertiary/aromatic N) is 2. The molecule has 0 N–H and O–H groups in total. The Morgan fingerprint density at radius 3 is 2.71 bits per heavy atom. The van der Waals surface area contributed by atoms with Gasteiger partial charge in [0.2, 0.25) is 0 Å². The SMILES string of the molecule is COc1ccccc1-c1cncn1C. The van der Waals surface area contributed by atoms with E-state index < -0.39 is 0 Å². The van der Waals surface area contributed by atoms with Crippen molar-refractivity contribution < 1.29 is 4.74 Å². The van der Waals surface area contributed by atoms with Gasteiger partial charge < -0.3 is 9.30 Å². The number of hydrogen-bond donors (Lipinski definition) is 0. The standard InChI is InChI=1S/C11H12N2O/c1-13-8-12-7-10(13)9-5-3-4-6-11(9)14-2/h3-8H,1-2H3. The van der Waals surface area contributed by atoms with Crippen LogP contribution < -0.4 is 4.74 Å². The van der Waals surface area contributed by atoms with Crippen LogP contribution in [-0.2, 0) is 7.05 Å². The summed E-state index contributed by atoms with van der Waals surface area (Å²) in [4.78, 5) is 4.08. The first kappa shape index (κ1) is 8.81.